The van der Waals surface area contributed by atoms with Gasteiger partial charge in [0, 0.05) is 6.54 Å². The number of nitrogens with one attached hydrogen (secondary N) is 1. The van der Waals surface area contributed by atoms with E-state index in [0.29, 0.717) is 19.8 Å². The van der Waals surface area contributed by atoms with Gasteiger partial charge >= 0.3 is 0 Å². The standard InChI is InChI=1S/C12H14N4O3/c1-8-4-14-15-11(8)9-6-18-3-2-16(9)12(17)10-5-13-7-19-10/h4-5,7,9H,2-3,6H2,1H3,(H,14,15)/t9-/m0/s1. The number of aryl methyl sites for hydroxylation is 1. The summed E-state index contributed by atoms with van der Waals surface area (Å²) in [4.78, 5) is 17.9. The first-order valence-electron chi connectivity index (χ1n) is 6.04. The van der Waals surface area contributed by atoms with Crippen molar-refractivity contribution in [2.45, 2.75) is 13.0 Å². The van der Waals surface area contributed by atoms with Crippen LogP contribution in [0.5, 0.6) is 0 Å². The molecule has 3 rings (SSSR count). The predicted octanol–water partition coefficient (Wildman–Crippen LogP) is 0.920. The third-order valence-electron chi connectivity index (χ3n) is 3.23. The van der Waals surface area contributed by atoms with E-state index in [9.17, 15) is 4.79 Å². The first-order valence-corrected chi connectivity index (χ1v) is 6.04. The van der Waals surface area contributed by atoms with Crippen molar-refractivity contribution in [2.24, 2.45) is 0 Å². The van der Waals surface area contributed by atoms with Crippen LogP contribution in [0.3, 0.4) is 0 Å². The molecule has 1 saturated heterocycles. The average Bonchev–Trinajstić information content (AvgIpc) is 3.09. The molecule has 1 aliphatic rings. The van der Waals surface area contributed by atoms with Crippen molar-refractivity contribution in [1.29, 1.82) is 0 Å². The summed E-state index contributed by atoms with van der Waals surface area (Å²) in [5.74, 6) is 0.0591. The van der Waals surface area contributed by atoms with Gasteiger partial charge in [0.1, 0.15) is 0 Å². The molecule has 0 radical (unpaired) electrons. The van der Waals surface area contributed by atoms with E-state index in [0.717, 1.165) is 11.3 Å². The normalized spacial score (nSPS) is 19.6. The van der Waals surface area contributed by atoms with E-state index in [4.69, 9.17) is 9.15 Å². The second-order valence-electron chi connectivity index (χ2n) is 4.42. The van der Waals surface area contributed by atoms with Crippen LogP contribution in [0.2, 0.25) is 0 Å². The van der Waals surface area contributed by atoms with E-state index in [-0.39, 0.29) is 17.7 Å². The van der Waals surface area contributed by atoms with Gasteiger partial charge < -0.3 is 14.1 Å². The summed E-state index contributed by atoms with van der Waals surface area (Å²) in [7, 11) is 0. The second kappa shape index (κ2) is 4.85. The van der Waals surface area contributed by atoms with Gasteiger partial charge in [0.05, 0.1) is 37.3 Å². The monoisotopic (exact) mass is 262 g/mol. The summed E-state index contributed by atoms with van der Waals surface area (Å²) < 4.78 is 10.5. The molecule has 0 saturated carbocycles. The van der Waals surface area contributed by atoms with Crippen molar-refractivity contribution in [3.05, 3.63) is 35.8 Å². The molecule has 0 spiro atoms. The van der Waals surface area contributed by atoms with Gasteiger partial charge in [-0.2, -0.15) is 5.10 Å². The molecule has 0 unspecified atom stereocenters. The molecule has 7 heteroatoms. The van der Waals surface area contributed by atoms with Gasteiger partial charge in [0.2, 0.25) is 5.76 Å². The summed E-state index contributed by atoms with van der Waals surface area (Å²) in [6.07, 6.45) is 4.42. The minimum atomic E-state index is -0.181. The lowest BCUT2D eigenvalue weighted by molar-refractivity contribution is -0.00561. The number of aromatic amines is 1. The number of carbonyl (C=O) groups is 1. The number of oxazole rings is 1. The molecule has 2 aromatic rings. The SMILES string of the molecule is Cc1cn[nH]c1[C@@H]1COCCN1C(=O)c1cnco1. The van der Waals surface area contributed by atoms with Crippen molar-refractivity contribution >= 4 is 5.91 Å². The van der Waals surface area contributed by atoms with E-state index in [1.807, 2.05) is 6.92 Å². The largest absolute Gasteiger partial charge is 0.438 e. The van der Waals surface area contributed by atoms with E-state index in [1.165, 1.54) is 12.6 Å². The molecule has 100 valence electrons. The van der Waals surface area contributed by atoms with Gasteiger partial charge in [-0.15, -0.1) is 0 Å². The highest BCUT2D eigenvalue weighted by Gasteiger charge is 2.32. The summed E-state index contributed by atoms with van der Waals surface area (Å²) in [6, 6.07) is -0.172. The fraction of sp³-hybridized carbons (Fsp3) is 0.417. The quantitative estimate of drug-likeness (QED) is 0.870. The Morgan fingerprint density at radius 2 is 2.42 bits per heavy atom. The minimum Gasteiger partial charge on any atom is -0.438 e. The lowest BCUT2D eigenvalue weighted by Crippen LogP contribution is -2.43. The Balaban J connectivity index is 1.90. The van der Waals surface area contributed by atoms with Crippen LogP contribution in [-0.4, -0.2) is 45.7 Å². The van der Waals surface area contributed by atoms with Crippen LogP contribution in [-0.2, 0) is 4.74 Å². The molecule has 1 aliphatic heterocycles. The van der Waals surface area contributed by atoms with Gasteiger partial charge in [0.15, 0.2) is 6.39 Å². The molecular weight excluding hydrogens is 248 g/mol. The van der Waals surface area contributed by atoms with Crippen LogP contribution < -0.4 is 0 Å². The molecule has 19 heavy (non-hydrogen) atoms. The zero-order valence-electron chi connectivity index (χ0n) is 10.5. The maximum Gasteiger partial charge on any atom is 0.292 e. The maximum absolute atomic E-state index is 12.4. The fourth-order valence-corrected chi connectivity index (χ4v) is 2.24. The highest BCUT2D eigenvalue weighted by atomic mass is 16.5. The number of nitrogens with zero attached hydrogens (tertiary/aromatic N) is 3. The Morgan fingerprint density at radius 3 is 3.11 bits per heavy atom. The van der Waals surface area contributed by atoms with E-state index >= 15 is 0 Å². The summed E-state index contributed by atoms with van der Waals surface area (Å²) in [5, 5.41) is 6.93. The molecule has 2 aromatic heterocycles. The number of hydrogen-bond donors (Lipinski definition) is 1. The second-order valence-corrected chi connectivity index (χ2v) is 4.42. The Bertz CT molecular complexity index is 563. The van der Waals surface area contributed by atoms with Crippen LogP contribution in [0.1, 0.15) is 27.9 Å². The van der Waals surface area contributed by atoms with Gasteiger partial charge in [-0.05, 0) is 12.5 Å². The van der Waals surface area contributed by atoms with Crippen LogP contribution in [0.25, 0.3) is 0 Å². The number of H-pyrrole nitrogens is 1. The number of hydrogen-bond acceptors (Lipinski definition) is 5. The zero-order chi connectivity index (χ0) is 13.2. The Morgan fingerprint density at radius 1 is 1.53 bits per heavy atom. The smallest absolute Gasteiger partial charge is 0.292 e. The van der Waals surface area contributed by atoms with Crippen molar-refractivity contribution in [2.75, 3.05) is 19.8 Å². The first-order chi connectivity index (χ1) is 9.27. The van der Waals surface area contributed by atoms with Gasteiger partial charge in [-0.1, -0.05) is 0 Å². The maximum atomic E-state index is 12.4. The number of amides is 1. The third kappa shape index (κ3) is 2.12. The molecule has 1 amide bonds. The van der Waals surface area contributed by atoms with E-state index in [2.05, 4.69) is 15.2 Å². The Hall–Kier alpha value is -2.15. The van der Waals surface area contributed by atoms with Gasteiger partial charge in [-0.3, -0.25) is 9.89 Å². The molecule has 0 bridgehead atoms. The van der Waals surface area contributed by atoms with Crippen LogP contribution in [0.4, 0.5) is 0 Å². The van der Waals surface area contributed by atoms with Crippen molar-refractivity contribution < 1.29 is 13.9 Å². The zero-order valence-corrected chi connectivity index (χ0v) is 10.5. The topological polar surface area (TPSA) is 84.2 Å². The lowest BCUT2D eigenvalue weighted by atomic mass is 10.1. The van der Waals surface area contributed by atoms with E-state index < -0.39 is 0 Å². The third-order valence-corrected chi connectivity index (χ3v) is 3.23. The highest BCUT2D eigenvalue weighted by molar-refractivity contribution is 5.91. The summed E-state index contributed by atoms with van der Waals surface area (Å²) in [6.45, 7) is 3.43. The Labute approximate surface area is 109 Å². The summed E-state index contributed by atoms with van der Waals surface area (Å²) in [5.41, 5.74) is 1.90. The number of rotatable bonds is 2. The molecule has 7 nitrogen and oxygen atoms in total. The van der Waals surface area contributed by atoms with Crippen molar-refractivity contribution in [3.8, 4) is 0 Å². The molecule has 0 aromatic carbocycles. The molecule has 0 aliphatic carbocycles. The Kier molecular flexibility index (Phi) is 3.04. The van der Waals surface area contributed by atoms with Crippen LogP contribution >= 0.6 is 0 Å². The molecule has 3 heterocycles. The lowest BCUT2D eigenvalue weighted by Gasteiger charge is -2.34. The molecule has 1 fully saturated rings. The average molecular weight is 262 g/mol. The van der Waals surface area contributed by atoms with Crippen LogP contribution in [0, 0.1) is 6.92 Å². The number of morpholine rings is 1. The molecular formula is C12H14N4O3. The highest BCUT2D eigenvalue weighted by Crippen LogP contribution is 2.26. The number of carbonyl (C=O) groups excluding carboxylic acids is 1. The minimum absolute atomic E-state index is 0.172. The molecule has 1 N–H and O–H groups in total. The predicted molar refractivity (Wildman–Crippen MR) is 64.4 cm³/mol. The van der Waals surface area contributed by atoms with Gasteiger partial charge in [0.25, 0.3) is 5.91 Å². The van der Waals surface area contributed by atoms with E-state index in [1.54, 1.807) is 11.1 Å². The van der Waals surface area contributed by atoms with Crippen molar-refractivity contribution in [1.82, 2.24) is 20.1 Å². The van der Waals surface area contributed by atoms with Gasteiger partial charge in [-0.25, -0.2) is 4.98 Å². The molecule has 1 atom stereocenters. The van der Waals surface area contributed by atoms with Crippen LogP contribution in [0.15, 0.2) is 23.2 Å². The number of ether oxygens (including phenoxy) is 1. The first kappa shape index (κ1) is 11.9. The number of aromatic nitrogens is 3. The fourth-order valence-electron chi connectivity index (χ4n) is 2.24. The summed E-state index contributed by atoms with van der Waals surface area (Å²) >= 11 is 0. The van der Waals surface area contributed by atoms with Crippen molar-refractivity contribution in [3.63, 3.8) is 0 Å².